The fourth-order valence-corrected chi connectivity index (χ4v) is 3.37. The number of carbonyl (C=O) groups is 1. The molecule has 3 N–H and O–H groups in total. The summed E-state index contributed by atoms with van der Waals surface area (Å²) in [6, 6.07) is 4.22. The van der Waals surface area contributed by atoms with Gasteiger partial charge in [-0.3, -0.25) is 9.52 Å². The molecule has 1 atom stereocenters. The molecule has 35 heavy (non-hydrogen) atoms. The van der Waals surface area contributed by atoms with Gasteiger partial charge < -0.3 is 10.6 Å². The Balaban J connectivity index is 2.18. The van der Waals surface area contributed by atoms with E-state index in [2.05, 4.69) is 21.5 Å². The molecule has 188 valence electrons. The number of rotatable bonds is 9. The first kappa shape index (κ1) is 27.7. The molecule has 0 aliphatic heterocycles. The average Bonchev–Trinajstić information content (AvgIpc) is 2.76. The van der Waals surface area contributed by atoms with Crippen LogP contribution in [-0.2, 0) is 27.5 Å². The molecular formula is C23H24F4N4O3S. The van der Waals surface area contributed by atoms with Gasteiger partial charge in [-0.15, -0.1) is 6.42 Å². The fourth-order valence-electron chi connectivity index (χ4n) is 2.79. The summed E-state index contributed by atoms with van der Waals surface area (Å²) in [6.07, 6.45) is 4.61. The quantitative estimate of drug-likeness (QED) is 0.267. The van der Waals surface area contributed by atoms with Gasteiger partial charge in [-0.05, 0) is 49.2 Å². The summed E-state index contributed by atoms with van der Waals surface area (Å²) < 4.78 is 78.3. The third kappa shape index (κ3) is 8.29. The van der Waals surface area contributed by atoms with Crippen LogP contribution in [0.15, 0.2) is 30.3 Å². The van der Waals surface area contributed by atoms with E-state index in [9.17, 15) is 30.8 Å². The fraction of sp³-hybridized carbons (Fsp3) is 0.304. The van der Waals surface area contributed by atoms with Crippen molar-refractivity contribution in [1.82, 2.24) is 10.3 Å². The Hall–Kier alpha value is -3.59. The highest BCUT2D eigenvalue weighted by Gasteiger charge is 2.33. The lowest BCUT2D eigenvalue weighted by atomic mass is 10.1. The van der Waals surface area contributed by atoms with Crippen LogP contribution < -0.4 is 15.4 Å². The summed E-state index contributed by atoms with van der Waals surface area (Å²) in [5.41, 5.74) is -0.949. The second-order valence-corrected chi connectivity index (χ2v) is 9.40. The highest BCUT2D eigenvalue weighted by Crippen LogP contribution is 2.30. The van der Waals surface area contributed by atoms with Crippen molar-refractivity contribution in [2.45, 2.75) is 39.0 Å². The maximum atomic E-state index is 14.4. The number of anilines is 2. The number of amides is 1. The van der Waals surface area contributed by atoms with Gasteiger partial charge in [0.2, 0.25) is 15.9 Å². The van der Waals surface area contributed by atoms with Crippen LogP contribution in [0, 0.1) is 18.2 Å². The molecule has 0 spiro atoms. The second-order valence-electron chi connectivity index (χ2n) is 7.66. The molecule has 0 aliphatic carbocycles. The van der Waals surface area contributed by atoms with E-state index in [1.165, 1.54) is 18.2 Å². The maximum Gasteiger partial charge on any atom is 0.433 e. The maximum absolute atomic E-state index is 14.4. The van der Waals surface area contributed by atoms with E-state index in [4.69, 9.17) is 6.42 Å². The molecule has 2 aromatic rings. The van der Waals surface area contributed by atoms with Gasteiger partial charge in [0.25, 0.3) is 0 Å². The lowest BCUT2D eigenvalue weighted by molar-refractivity contribution is -0.141. The third-order valence-corrected chi connectivity index (χ3v) is 5.26. The standard InChI is InChI=1S/C23H24F4N4O3S/c1-5-14(3)29-22-17(7-9-19(30-22)23(25,26)27)8-10-20(32)28-13-15-11-16(6-2)21(18(24)12-15)31-35(4,33)34/h2,7-12,14,31H,5,13H2,1,3-4H3,(H,28,32)(H,29,30). The summed E-state index contributed by atoms with van der Waals surface area (Å²) in [6.45, 7) is 3.49. The molecular weight excluding hydrogens is 488 g/mol. The zero-order valence-corrected chi connectivity index (χ0v) is 19.9. The van der Waals surface area contributed by atoms with Crippen molar-refractivity contribution in [2.24, 2.45) is 0 Å². The minimum Gasteiger partial charge on any atom is -0.367 e. The summed E-state index contributed by atoms with van der Waals surface area (Å²) in [7, 11) is -3.77. The van der Waals surface area contributed by atoms with Gasteiger partial charge in [-0.1, -0.05) is 12.8 Å². The zero-order chi connectivity index (χ0) is 26.4. The molecule has 7 nitrogen and oxygen atoms in total. The number of sulfonamides is 1. The van der Waals surface area contributed by atoms with Crippen LogP contribution in [0.3, 0.4) is 0 Å². The molecule has 1 aromatic carbocycles. The molecule has 0 bridgehead atoms. The van der Waals surface area contributed by atoms with Gasteiger partial charge in [0.1, 0.15) is 17.3 Å². The molecule has 1 aromatic heterocycles. The number of carbonyl (C=O) groups excluding carboxylic acids is 1. The molecule has 12 heteroatoms. The largest absolute Gasteiger partial charge is 0.433 e. The minimum atomic E-state index is -4.62. The first-order valence-corrected chi connectivity index (χ1v) is 12.2. The summed E-state index contributed by atoms with van der Waals surface area (Å²) >= 11 is 0. The number of benzene rings is 1. The van der Waals surface area contributed by atoms with Crippen molar-refractivity contribution in [3.8, 4) is 12.3 Å². The van der Waals surface area contributed by atoms with Gasteiger partial charge in [0.15, 0.2) is 0 Å². The van der Waals surface area contributed by atoms with E-state index >= 15 is 0 Å². The Morgan fingerprint density at radius 2 is 1.97 bits per heavy atom. The predicted octanol–water partition coefficient (Wildman–Crippen LogP) is 4.13. The molecule has 0 aliphatic rings. The Kier molecular flexibility index (Phi) is 8.87. The van der Waals surface area contributed by atoms with E-state index in [0.29, 0.717) is 6.42 Å². The van der Waals surface area contributed by atoms with Crippen molar-refractivity contribution in [3.05, 3.63) is 58.5 Å². The second kappa shape index (κ2) is 11.2. The number of alkyl halides is 3. The molecule has 2 rings (SSSR count). The van der Waals surface area contributed by atoms with Crippen molar-refractivity contribution in [2.75, 3.05) is 16.3 Å². The Morgan fingerprint density at radius 1 is 1.29 bits per heavy atom. The molecule has 0 saturated heterocycles. The van der Waals surface area contributed by atoms with Crippen LogP contribution in [0.4, 0.5) is 29.1 Å². The first-order valence-electron chi connectivity index (χ1n) is 10.3. The highest BCUT2D eigenvalue weighted by molar-refractivity contribution is 7.92. The van der Waals surface area contributed by atoms with Crippen LogP contribution in [0.2, 0.25) is 0 Å². The van der Waals surface area contributed by atoms with Crippen LogP contribution in [-0.4, -0.2) is 31.6 Å². The molecule has 1 amide bonds. The predicted molar refractivity (Wildman–Crippen MR) is 126 cm³/mol. The third-order valence-electron chi connectivity index (χ3n) is 4.69. The average molecular weight is 513 g/mol. The molecule has 0 fully saturated rings. The molecule has 0 radical (unpaired) electrons. The van der Waals surface area contributed by atoms with Crippen molar-refractivity contribution in [3.63, 3.8) is 0 Å². The summed E-state index contributed by atoms with van der Waals surface area (Å²) in [5.74, 6) is 0.642. The van der Waals surface area contributed by atoms with Crippen LogP contribution >= 0.6 is 0 Å². The van der Waals surface area contributed by atoms with Crippen molar-refractivity contribution in [1.29, 1.82) is 0 Å². The molecule has 1 heterocycles. The number of pyridine rings is 1. The number of aromatic nitrogens is 1. The highest BCUT2D eigenvalue weighted by atomic mass is 32.2. The molecule has 1 unspecified atom stereocenters. The Labute approximate surface area is 201 Å². The van der Waals surface area contributed by atoms with Crippen molar-refractivity contribution < 1.29 is 30.8 Å². The van der Waals surface area contributed by atoms with E-state index in [0.717, 1.165) is 24.5 Å². The normalized spacial score (nSPS) is 12.7. The van der Waals surface area contributed by atoms with E-state index in [1.807, 2.05) is 11.6 Å². The SMILES string of the molecule is C#Cc1cc(CNC(=O)C=Cc2ccc(C(F)(F)F)nc2NC(C)CC)cc(F)c1NS(C)(=O)=O. The number of nitrogens with one attached hydrogen (secondary N) is 3. The smallest absolute Gasteiger partial charge is 0.367 e. The minimum absolute atomic E-state index is 0.0204. The van der Waals surface area contributed by atoms with Gasteiger partial charge >= 0.3 is 6.18 Å². The number of hydrogen-bond acceptors (Lipinski definition) is 5. The summed E-state index contributed by atoms with van der Waals surface area (Å²) in [4.78, 5) is 15.9. The molecule has 0 saturated carbocycles. The Bertz CT molecular complexity index is 1270. The van der Waals surface area contributed by atoms with E-state index < -0.39 is 33.6 Å². The number of halogens is 4. The number of nitrogens with zero attached hydrogens (tertiary/aromatic N) is 1. The Morgan fingerprint density at radius 3 is 2.54 bits per heavy atom. The van der Waals surface area contributed by atoms with Gasteiger partial charge in [-0.25, -0.2) is 17.8 Å². The van der Waals surface area contributed by atoms with E-state index in [-0.39, 0.29) is 40.8 Å². The summed E-state index contributed by atoms with van der Waals surface area (Å²) in [5, 5.41) is 5.39. The van der Waals surface area contributed by atoms with Crippen LogP contribution in [0.1, 0.15) is 42.7 Å². The monoisotopic (exact) mass is 512 g/mol. The van der Waals surface area contributed by atoms with Crippen LogP contribution in [0.5, 0.6) is 0 Å². The van der Waals surface area contributed by atoms with Gasteiger partial charge in [0.05, 0.1) is 17.5 Å². The topological polar surface area (TPSA) is 100 Å². The number of hydrogen-bond donors (Lipinski definition) is 3. The first-order chi connectivity index (χ1) is 16.2. The number of terminal acetylenes is 1. The van der Waals surface area contributed by atoms with Gasteiger partial charge in [0, 0.05) is 24.2 Å². The van der Waals surface area contributed by atoms with Gasteiger partial charge in [-0.2, -0.15) is 13.2 Å². The lowest BCUT2D eigenvalue weighted by Gasteiger charge is -2.16. The van der Waals surface area contributed by atoms with Crippen LogP contribution in [0.25, 0.3) is 6.08 Å². The van der Waals surface area contributed by atoms with E-state index in [1.54, 1.807) is 6.92 Å². The lowest BCUT2D eigenvalue weighted by Crippen LogP contribution is -2.21. The zero-order valence-electron chi connectivity index (χ0n) is 19.1. The van der Waals surface area contributed by atoms with Crippen molar-refractivity contribution >= 4 is 33.5 Å².